The zero-order chi connectivity index (χ0) is 18.0. The van der Waals surface area contributed by atoms with E-state index in [-0.39, 0.29) is 11.0 Å². The Labute approximate surface area is 149 Å². The first-order chi connectivity index (χ1) is 11.9. The summed E-state index contributed by atoms with van der Waals surface area (Å²) in [6.07, 6.45) is 0.770. The summed E-state index contributed by atoms with van der Waals surface area (Å²) in [5.74, 6) is -2.72. The van der Waals surface area contributed by atoms with E-state index in [1.54, 1.807) is 12.1 Å². The summed E-state index contributed by atoms with van der Waals surface area (Å²) in [7, 11) is -4.56. The van der Waals surface area contributed by atoms with Crippen molar-refractivity contribution in [2.75, 3.05) is 18.0 Å². The van der Waals surface area contributed by atoms with Gasteiger partial charge in [-0.2, -0.15) is 8.78 Å². The van der Waals surface area contributed by atoms with Crippen LogP contribution >= 0.6 is 11.6 Å². The first kappa shape index (κ1) is 17.9. The number of alkyl halides is 2. The molecule has 1 saturated heterocycles. The van der Waals surface area contributed by atoms with E-state index < -0.39 is 15.6 Å². The van der Waals surface area contributed by atoms with Gasteiger partial charge in [-0.25, -0.2) is 8.42 Å². The molecule has 2 aromatic carbocycles. The number of benzene rings is 2. The standard InChI is InChI=1S/C17H16ClF2NO3S/c18-12-2-1-3-14(10-12)24-15-8-9-21(11-15)13-4-6-16(7-5-13)25(22,23)17(19)20/h1-7,10,15,17H,8-9,11H2. The summed E-state index contributed by atoms with van der Waals surface area (Å²) in [5, 5.41) is 0.600. The second-order valence-corrected chi connectivity index (χ2v) is 8.09. The van der Waals surface area contributed by atoms with Gasteiger partial charge in [0.15, 0.2) is 0 Å². The molecule has 0 N–H and O–H groups in total. The molecule has 1 fully saturated rings. The number of halogens is 3. The first-order valence-electron chi connectivity index (χ1n) is 7.65. The number of sulfone groups is 1. The minimum atomic E-state index is -4.56. The quantitative estimate of drug-likeness (QED) is 0.778. The molecule has 0 aromatic heterocycles. The Kier molecular flexibility index (Phi) is 5.15. The number of nitrogens with zero attached hydrogens (tertiary/aromatic N) is 1. The van der Waals surface area contributed by atoms with Crippen molar-refractivity contribution in [1.82, 2.24) is 0 Å². The molecule has 1 aliphatic rings. The summed E-state index contributed by atoms with van der Waals surface area (Å²) in [5.41, 5.74) is 0.769. The second kappa shape index (κ2) is 7.17. The van der Waals surface area contributed by atoms with Crippen molar-refractivity contribution >= 4 is 27.1 Å². The van der Waals surface area contributed by atoms with Crippen LogP contribution in [0, 0.1) is 0 Å². The molecule has 4 nitrogen and oxygen atoms in total. The van der Waals surface area contributed by atoms with Crippen molar-refractivity contribution in [3.05, 3.63) is 53.6 Å². The third-order valence-corrected chi connectivity index (χ3v) is 5.64. The number of anilines is 1. The molecule has 0 radical (unpaired) electrons. The molecule has 0 saturated carbocycles. The topological polar surface area (TPSA) is 46.6 Å². The van der Waals surface area contributed by atoms with E-state index >= 15 is 0 Å². The number of hydrogen-bond donors (Lipinski definition) is 0. The lowest BCUT2D eigenvalue weighted by molar-refractivity contribution is 0.225. The Balaban J connectivity index is 1.66. The van der Waals surface area contributed by atoms with E-state index in [4.69, 9.17) is 16.3 Å². The van der Waals surface area contributed by atoms with Gasteiger partial charge in [-0.3, -0.25) is 0 Å². The Morgan fingerprint density at radius 1 is 1.16 bits per heavy atom. The maximum absolute atomic E-state index is 12.6. The highest BCUT2D eigenvalue weighted by atomic mass is 35.5. The average molecular weight is 388 g/mol. The second-order valence-electron chi connectivity index (χ2n) is 5.73. The van der Waals surface area contributed by atoms with Gasteiger partial charge >= 0.3 is 5.76 Å². The molecule has 2 aromatic rings. The van der Waals surface area contributed by atoms with Crippen LogP contribution in [-0.2, 0) is 9.84 Å². The number of rotatable bonds is 5. The Bertz CT molecular complexity index is 843. The van der Waals surface area contributed by atoms with Gasteiger partial charge in [-0.1, -0.05) is 17.7 Å². The van der Waals surface area contributed by atoms with E-state index in [9.17, 15) is 17.2 Å². The largest absolute Gasteiger partial charge is 0.488 e. The SMILES string of the molecule is O=S(=O)(c1ccc(N2CCC(Oc3cccc(Cl)c3)C2)cc1)C(F)F. The van der Waals surface area contributed by atoms with Gasteiger partial charge in [0.05, 0.1) is 11.4 Å². The molecule has 0 spiro atoms. The Morgan fingerprint density at radius 2 is 1.88 bits per heavy atom. The van der Waals surface area contributed by atoms with E-state index in [1.807, 2.05) is 17.0 Å². The molecule has 1 aliphatic heterocycles. The average Bonchev–Trinajstić information content (AvgIpc) is 3.03. The molecule has 0 amide bonds. The van der Waals surface area contributed by atoms with Crippen molar-refractivity contribution in [2.24, 2.45) is 0 Å². The predicted octanol–water partition coefficient (Wildman–Crippen LogP) is 3.99. The molecular formula is C17H16ClF2NO3S. The molecule has 1 atom stereocenters. The van der Waals surface area contributed by atoms with Crippen LogP contribution in [0.1, 0.15) is 6.42 Å². The summed E-state index contributed by atoms with van der Waals surface area (Å²) in [6.45, 7) is 1.35. The van der Waals surface area contributed by atoms with Crippen LogP contribution in [0.3, 0.4) is 0 Å². The van der Waals surface area contributed by atoms with Gasteiger partial charge in [0, 0.05) is 23.7 Å². The fraction of sp³-hybridized carbons (Fsp3) is 0.294. The first-order valence-corrected chi connectivity index (χ1v) is 9.58. The lowest BCUT2D eigenvalue weighted by atomic mass is 10.3. The van der Waals surface area contributed by atoms with E-state index in [0.29, 0.717) is 17.3 Å². The summed E-state index contributed by atoms with van der Waals surface area (Å²) in [6, 6.07) is 12.7. The van der Waals surface area contributed by atoms with Gasteiger partial charge in [0.25, 0.3) is 0 Å². The predicted molar refractivity (Wildman–Crippen MR) is 92.3 cm³/mol. The highest BCUT2D eigenvalue weighted by Gasteiger charge is 2.28. The summed E-state index contributed by atoms with van der Waals surface area (Å²) in [4.78, 5) is 1.64. The highest BCUT2D eigenvalue weighted by molar-refractivity contribution is 7.91. The Morgan fingerprint density at radius 3 is 2.52 bits per heavy atom. The van der Waals surface area contributed by atoms with Gasteiger partial charge < -0.3 is 9.64 Å². The van der Waals surface area contributed by atoms with Crippen molar-refractivity contribution in [3.63, 3.8) is 0 Å². The Hall–Kier alpha value is -1.86. The lowest BCUT2D eigenvalue weighted by Gasteiger charge is -2.19. The molecule has 0 bridgehead atoms. The van der Waals surface area contributed by atoms with Crippen LogP contribution in [0.2, 0.25) is 5.02 Å². The maximum Gasteiger partial charge on any atom is 0.341 e. The van der Waals surface area contributed by atoms with Gasteiger partial charge in [0.1, 0.15) is 11.9 Å². The summed E-state index contributed by atoms with van der Waals surface area (Å²) < 4.78 is 53.9. The lowest BCUT2D eigenvalue weighted by Crippen LogP contribution is -2.24. The minimum Gasteiger partial charge on any atom is -0.488 e. The minimum absolute atomic E-state index is 0.0251. The van der Waals surface area contributed by atoms with E-state index in [2.05, 4.69) is 0 Å². The molecular weight excluding hydrogens is 372 g/mol. The monoisotopic (exact) mass is 387 g/mol. The zero-order valence-corrected chi connectivity index (χ0v) is 14.7. The van der Waals surface area contributed by atoms with Crippen LogP contribution < -0.4 is 9.64 Å². The number of hydrogen-bond acceptors (Lipinski definition) is 4. The van der Waals surface area contributed by atoms with Crippen LogP contribution in [0.5, 0.6) is 5.75 Å². The van der Waals surface area contributed by atoms with Crippen LogP contribution in [-0.4, -0.2) is 33.4 Å². The molecule has 1 heterocycles. The highest BCUT2D eigenvalue weighted by Crippen LogP contribution is 2.27. The van der Waals surface area contributed by atoms with Gasteiger partial charge in [-0.05, 0) is 42.5 Å². The van der Waals surface area contributed by atoms with Gasteiger partial charge in [-0.15, -0.1) is 0 Å². The van der Waals surface area contributed by atoms with Gasteiger partial charge in [0.2, 0.25) is 9.84 Å². The third kappa shape index (κ3) is 4.04. The van der Waals surface area contributed by atoms with E-state index in [1.165, 1.54) is 24.3 Å². The van der Waals surface area contributed by atoms with Crippen molar-refractivity contribution in [3.8, 4) is 5.75 Å². The number of ether oxygens (including phenoxy) is 1. The van der Waals surface area contributed by atoms with Crippen LogP contribution in [0.25, 0.3) is 0 Å². The normalized spacial score (nSPS) is 17.9. The molecule has 3 rings (SSSR count). The van der Waals surface area contributed by atoms with Crippen molar-refractivity contribution in [1.29, 1.82) is 0 Å². The fourth-order valence-electron chi connectivity index (χ4n) is 2.74. The maximum atomic E-state index is 12.6. The third-order valence-electron chi connectivity index (χ3n) is 4.01. The zero-order valence-electron chi connectivity index (χ0n) is 13.1. The van der Waals surface area contributed by atoms with E-state index in [0.717, 1.165) is 18.7 Å². The summed E-state index contributed by atoms with van der Waals surface area (Å²) >= 11 is 5.94. The molecule has 134 valence electrons. The van der Waals surface area contributed by atoms with Crippen LogP contribution in [0.4, 0.5) is 14.5 Å². The smallest absolute Gasteiger partial charge is 0.341 e. The van der Waals surface area contributed by atoms with Crippen molar-refractivity contribution < 1.29 is 21.9 Å². The molecule has 1 unspecified atom stereocenters. The van der Waals surface area contributed by atoms with Crippen molar-refractivity contribution in [2.45, 2.75) is 23.2 Å². The fourth-order valence-corrected chi connectivity index (χ4v) is 3.64. The molecule has 0 aliphatic carbocycles. The molecule has 25 heavy (non-hydrogen) atoms. The molecule has 8 heteroatoms. The van der Waals surface area contributed by atoms with Crippen LogP contribution in [0.15, 0.2) is 53.4 Å².